The molecule has 5 rings (SSSR count). The topological polar surface area (TPSA) is 102 Å². The lowest BCUT2D eigenvalue weighted by molar-refractivity contribution is -0.188. The van der Waals surface area contributed by atoms with E-state index in [1.165, 1.54) is 4.90 Å². The van der Waals surface area contributed by atoms with Gasteiger partial charge in [0.2, 0.25) is 0 Å². The highest BCUT2D eigenvalue weighted by molar-refractivity contribution is 6.12. The summed E-state index contributed by atoms with van der Waals surface area (Å²) in [4.78, 5) is 58.6. The molecule has 2 saturated heterocycles. The molecule has 3 aromatic rings. The number of hydrogen-bond acceptors (Lipinski definition) is 8. The van der Waals surface area contributed by atoms with Crippen LogP contribution in [0.5, 0.6) is 0 Å². The Bertz CT molecular complexity index is 1400. The standard InChI is InChI=1S/C33H34N2O7/c1-2-40-31(38)33-23-34(18-24-12-6-3-7-13-24)19-27(29(33)36)20-35(32(39)42-22-26-16-10-5-11-17-26)28(33)30(37)41-21-25-14-8-4-9-15-25/h3-17,27-28H,2,18-23H2,1H3. The van der Waals surface area contributed by atoms with E-state index in [9.17, 15) is 19.2 Å². The molecule has 3 atom stereocenters. The van der Waals surface area contributed by atoms with Crippen molar-refractivity contribution in [2.24, 2.45) is 11.3 Å². The second-order valence-electron chi connectivity index (χ2n) is 10.6. The average Bonchev–Trinajstić information content (AvgIpc) is 3.01. The smallest absolute Gasteiger partial charge is 0.410 e. The molecule has 0 saturated carbocycles. The molecule has 0 aliphatic carbocycles. The number of hydrogen-bond donors (Lipinski definition) is 0. The monoisotopic (exact) mass is 570 g/mol. The number of nitrogens with zero attached hydrogens (tertiary/aromatic N) is 2. The maximum absolute atomic E-state index is 14.1. The molecule has 2 aliphatic heterocycles. The molecule has 3 aromatic carbocycles. The largest absolute Gasteiger partial charge is 0.465 e. The van der Waals surface area contributed by atoms with Crippen LogP contribution in [0.25, 0.3) is 0 Å². The Kier molecular flexibility index (Phi) is 8.97. The van der Waals surface area contributed by atoms with Crippen molar-refractivity contribution in [2.75, 3.05) is 26.2 Å². The summed E-state index contributed by atoms with van der Waals surface area (Å²) in [7, 11) is 0. The molecule has 0 N–H and O–H groups in total. The number of ketones is 1. The van der Waals surface area contributed by atoms with Gasteiger partial charge in [0.15, 0.2) is 17.2 Å². The van der Waals surface area contributed by atoms with Gasteiger partial charge in [0, 0.05) is 32.1 Å². The van der Waals surface area contributed by atoms with Gasteiger partial charge < -0.3 is 14.2 Å². The fourth-order valence-electron chi connectivity index (χ4n) is 5.84. The normalized spacial score (nSPS) is 21.8. The van der Waals surface area contributed by atoms with E-state index in [0.29, 0.717) is 13.1 Å². The second kappa shape index (κ2) is 13.0. The van der Waals surface area contributed by atoms with Gasteiger partial charge in [-0.25, -0.2) is 9.59 Å². The molecule has 1 amide bonds. The van der Waals surface area contributed by atoms with Crippen LogP contribution in [-0.2, 0) is 48.4 Å². The summed E-state index contributed by atoms with van der Waals surface area (Å²) in [6.07, 6.45) is -0.803. The maximum Gasteiger partial charge on any atom is 0.410 e. The van der Waals surface area contributed by atoms with Crippen molar-refractivity contribution >= 4 is 23.8 Å². The van der Waals surface area contributed by atoms with Gasteiger partial charge in [-0.1, -0.05) is 91.0 Å². The first kappa shape index (κ1) is 29.0. The summed E-state index contributed by atoms with van der Waals surface area (Å²) in [5, 5.41) is 0. The molecule has 2 heterocycles. The summed E-state index contributed by atoms with van der Waals surface area (Å²) in [5.41, 5.74) is 0.497. The molecule has 9 heteroatoms. The third kappa shape index (κ3) is 6.06. The number of fused-ring (bicyclic) bond motifs is 2. The van der Waals surface area contributed by atoms with E-state index in [1.54, 1.807) is 19.1 Å². The highest BCUT2D eigenvalue weighted by atomic mass is 16.6. The number of likely N-dealkylation sites (tertiary alicyclic amines) is 2. The zero-order valence-electron chi connectivity index (χ0n) is 23.5. The van der Waals surface area contributed by atoms with Gasteiger partial charge in [-0.15, -0.1) is 0 Å². The molecule has 3 unspecified atom stereocenters. The molecule has 9 nitrogen and oxygen atoms in total. The second-order valence-corrected chi connectivity index (χ2v) is 10.6. The Hall–Kier alpha value is -4.50. The molecule has 2 fully saturated rings. The molecule has 0 aromatic heterocycles. The summed E-state index contributed by atoms with van der Waals surface area (Å²) in [6, 6.07) is 26.3. The Morgan fingerprint density at radius 2 is 1.31 bits per heavy atom. The van der Waals surface area contributed by atoms with Crippen LogP contribution < -0.4 is 0 Å². The Morgan fingerprint density at radius 1 is 0.762 bits per heavy atom. The third-order valence-corrected chi connectivity index (χ3v) is 7.73. The van der Waals surface area contributed by atoms with Crippen LogP contribution >= 0.6 is 0 Å². The SMILES string of the molecule is CCOC(=O)C12CN(Cc3ccccc3)CC(CN(C(=O)OCc3ccccc3)C1C(=O)OCc1ccccc1)C2=O. The number of rotatable bonds is 9. The molecule has 218 valence electrons. The molecular weight excluding hydrogens is 536 g/mol. The zero-order chi connectivity index (χ0) is 29.5. The van der Waals surface area contributed by atoms with Gasteiger partial charge in [-0.2, -0.15) is 0 Å². The number of esters is 2. The number of piperidine rings is 2. The number of carbonyl (C=O) groups is 4. The predicted molar refractivity (Wildman–Crippen MR) is 153 cm³/mol. The van der Waals surface area contributed by atoms with Crippen LogP contribution in [0.1, 0.15) is 23.6 Å². The first-order chi connectivity index (χ1) is 20.4. The van der Waals surface area contributed by atoms with E-state index in [2.05, 4.69) is 0 Å². The minimum absolute atomic E-state index is 0.00144. The van der Waals surface area contributed by atoms with Gasteiger partial charge in [-0.05, 0) is 23.6 Å². The highest BCUT2D eigenvalue weighted by Crippen LogP contribution is 2.43. The van der Waals surface area contributed by atoms with Crippen molar-refractivity contribution < 1.29 is 33.4 Å². The Balaban J connectivity index is 1.50. The quantitative estimate of drug-likeness (QED) is 0.216. The summed E-state index contributed by atoms with van der Waals surface area (Å²) >= 11 is 0. The van der Waals surface area contributed by atoms with Crippen LogP contribution in [0, 0.1) is 11.3 Å². The number of amides is 1. The van der Waals surface area contributed by atoms with Gasteiger partial charge >= 0.3 is 18.0 Å². The number of Topliss-reactive ketones (excluding diaryl/α,β-unsaturated/α-hetero) is 1. The average molecular weight is 571 g/mol. The van der Waals surface area contributed by atoms with Crippen molar-refractivity contribution in [3.8, 4) is 0 Å². The van der Waals surface area contributed by atoms with Crippen LogP contribution in [0.4, 0.5) is 4.79 Å². The van der Waals surface area contributed by atoms with Crippen molar-refractivity contribution in [2.45, 2.75) is 32.7 Å². The van der Waals surface area contributed by atoms with Crippen LogP contribution in [0.2, 0.25) is 0 Å². The minimum Gasteiger partial charge on any atom is -0.465 e. The van der Waals surface area contributed by atoms with Crippen molar-refractivity contribution in [1.82, 2.24) is 9.80 Å². The molecule has 2 aliphatic rings. The number of ether oxygens (including phenoxy) is 3. The summed E-state index contributed by atoms with van der Waals surface area (Å²) in [5.74, 6) is -2.86. The van der Waals surface area contributed by atoms with Crippen molar-refractivity contribution in [1.29, 1.82) is 0 Å². The fourth-order valence-corrected chi connectivity index (χ4v) is 5.84. The van der Waals surface area contributed by atoms with Gasteiger partial charge in [0.05, 0.1) is 6.61 Å². The van der Waals surface area contributed by atoms with E-state index in [4.69, 9.17) is 14.2 Å². The molecule has 2 bridgehead atoms. The molecular formula is C33H34N2O7. The molecule has 42 heavy (non-hydrogen) atoms. The lowest BCUT2D eigenvalue weighted by atomic mass is 9.65. The zero-order valence-corrected chi connectivity index (χ0v) is 23.5. The van der Waals surface area contributed by atoms with Gasteiger partial charge in [-0.3, -0.25) is 19.4 Å². The first-order valence-corrected chi connectivity index (χ1v) is 14.1. The van der Waals surface area contributed by atoms with Crippen LogP contribution in [0.3, 0.4) is 0 Å². The van der Waals surface area contributed by atoms with Crippen molar-refractivity contribution in [3.05, 3.63) is 108 Å². The van der Waals surface area contributed by atoms with E-state index < -0.39 is 41.2 Å². The summed E-state index contributed by atoms with van der Waals surface area (Å²) < 4.78 is 16.8. The lowest BCUT2D eigenvalue weighted by Gasteiger charge is -2.53. The third-order valence-electron chi connectivity index (χ3n) is 7.73. The van der Waals surface area contributed by atoms with E-state index >= 15 is 0 Å². The first-order valence-electron chi connectivity index (χ1n) is 14.1. The predicted octanol–water partition coefficient (Wildman–Crippen LogP) is 4.00. The highest BCUT2D eigenvalue weighted by Gasteiger charge is 2.67. The molecule has 0 spiro atoms. The van der Waals surface area contributed by atoms with Crippen LogP contribution in [0.15, 0.2) is 91.0 Å². The fraction of sp³-hybridized carbons (Fsp3) is 0.333. The minimum atomic E-state index is -1.98. The van der Waals surface area contributed by atoms with E-state index in [-0.39, 0.29) is 32.9 Å². The number of benzene rings is 3. The van der Waals surface area contributed by atoms with Gasteiger partial charge in [0.25, 0.3) is 0 Å². The van der Waals surface area contributed by atoms with Gasteiger partial charge in [0.1, 0.15) is 13.2 Å². The van der Waals surface area contributed by atoms with Crippen molar-refractivity contribution in [3.63, 3.8) is 0 Å². The van der Waals surface area contributed by atoms with E-state index in [0.717, 1.165) is 16.7 Å². The lowest BCUT2D eigenvalue weighted by Crippen LogP contribution is -2.74. The molecule has 0 radical (unpaired) electrons. The number of carbonyl (C=O) groups excluding carboxylic acids is 4. The Morgan fingerprint density at radius 3 is 1.88 bits per heavy atom. The maximum atomic E-state index is 14.1. The van der Waals surface area contributed by atoms with E-state index in [1.807, 2.05) is 83.8 Å². The van der Waals surface area contributed by atoms with Crippen LogP contribution in [-0.4, -0.2) is 65.9 Å². The summed E-state index contributed by atoms with van der Waals surface area (Å²) in [6.45, 7) is 2.08. The Labute approximate surface area is 245 Å².